The Balaban J connectivity index is 1.33. The number of hydrogen-bond donors (Lipinski definition) is 5. The molecule has 5 rings (SSSR count). The van der Waals surface area contributed by atoms with Crippen molar-refractivity contribution in [2.24, 2.45) is 0 Å². The quantitative estimate of drug-likeness (QED) is 0.176. The number of rotatable bonds is 9. The smallest absolute Gasteiger partial charge is 0.352 e. The Morgan fingerprint density at radius 3 is 2.54 bits per heavy atom. The molecule has 15 heteroatoms. The summed E-state index contributed by atoms with van der Waals surface area (Å²) in [4.78, 5) is 52.9. The molecule has 0 spiro atoms. The monoisotopic (exact) mass is 613 g/mol. The molecule has 5 N–H and O–H groups in total. The standard InChI is InChI=1S/C26H23N5O7S3/c1-12-29-30-26(41-12)40-11-15-10-39-24-19(23(36)31(24)20(15)25(37)38)28-22(35)18(13-5-7-16(32)8-6-13)27-21(34)14-3-2-4-17(33)9-14/h2-9,18-19,24,32-33H,10-11H2,1H3,(H,27,34)(H,28,35)(H,37,38)/t18?,19?,24-/m1/s1. The van der Waals surface area contributed by atoms with E-state index in [4.69, 9.17) is 0 Å². The first-order valence-electron chi connectivity index (χ1n) is 12.1. The lowest BCUT2D eigenvalue weighted by atomic mass is 10.0. The van der Waals surface area contributed by atoms with Crippen LogP contribution in [0.5, 0.6) is 11.5 Å². The van der Waals surface area contributed by atoms with E-state index in [1.807, 2.05) is 6.92 Å². The summed E-state index contributed by atoms with van der Waals surface area (Å²) in [5.41, 5.74) is 0.909. The molecular formula is C26H23N5O7S3. The van der Waals surface area contributed by atoms with Crippen LogP contribution >= 0.6 is 34.9 Å². The summed E-state index contributed by atoms with van der Waals surface area (Å²) >= 11 is 4.07. The molecular weight excluding hydrogens is 591 g/mol. The summed E-state index contributed by atoms with van der Waals surface area (Å²) in [7, 11) is 0. The number of amides is 3. The number of aromatic hydroxyl groups is 2. The first-order valence-corrected chi connectivity index (χ1v) is 15.0. The van der Waals surface area contributed by atoms with Crippen molar-refractivity contribution in [2.75, 3.05) is 11.5 Å². The number of benzene rings is 2. The molecule has 3 amide bonds. The van der Waals surface area contributed by atoms with Gasteiger partial charge in [-0.05, 0) is 48.4 Å². The average molecular weight is 614 g/mol. The van der Waals surface area contributed by atoms with Crippen LogP contribution in [-0.4, -0.2) is 77.0 Å². The van der Waals surface area contributed by atoms with Crippen molar-refractivity contribution < 1.29 is 34.5 Å². The van der Waals surface area contributed by atoms with E-state index < -0.39 is 41.1 Å². The van der Waals surface area contributed by atoms with Gasteiger partial charge < -0.3 is 26.0 Å². The van der Waals surface area contributed by atoms with E-state index in [1.165, 1.54) is 88.3 Å². The number of β-lactam (4-membered cyclic amide) rings is 1. The van der Waals surface area contributed by atoms with E-state index in [0.29, 0.717) is 27.0 Å². The highest BCUT2D eigenvalue weighted by Gasteiger charge is 2.54. The van der Waals surface area contributed by atoms with Gasteiger partial charge in [0.05, 0.1) is 0 Å². The van der Waals surface area contributed by atoms with Crippen molar-refractivity contribution in [3.05, 3.63) is 75.9 Å². The number of thioether (sulfide) groups is 2. The van der Waals surface area contributed by atoms with Gasteiger partial charge >= 0.3 is 5.97 Å². The van der Waals surface area contributed by atoms with Gasteiger partial charge in [0.15, 0.2) is 4.34 Å². The van der Waals surface area contributed by atoms with E-state index >= 15 is 0 Å². The number of phenolic OH excluding ortho intramolecular Hbond substituents is 2. The van der Waals surface area contributed by atoms with Crippen LogP contribution in [0.4, 0.5) is 0 Å². The van der Waals surface area contributed by atoms with Gasteiger partial charge in [0.25, 0.3) is 11.8 Å². The maximum Gasteiger partial charge on any atom is 0.352 e. The van der Waals surface area contributed by atoms with Crippen molar-refractivity contribution in [2.45, 2.75) is 28.7 Å². The summed E-state index contributed by atoms with van der Waals surface area (Å²) in [5.74, 6) is -2.67. The molecule has 212 valence electrons. The molecule has 3 aromatic rings. The molecule has 3 atom stereocenters. The van der Waals surface area contributed by atoms with E-state index in [9.17, 15) is 34.5 Å². The molecule has 1 aromatic heterocycles. The topological polar surface area (TPSA) is 182 Å². The van der Waals surface area contributed by atoms with Crippen LogP contribution in [0.1, 0.15) is 27.0 Å². The number of fused-ring (bicyclic) bond motifs is 1. The van der Waals surface area contributed by atoms with Crippen LogP contribution in [0.25, 0.3) is 0 Å². The molecule has 0 bridgehead atoms. The third-order valence-corrected chi connectivity index (χ3v) is 9.70. The van der Waals surface area contributed by atoms with Crippen LogP contribution < -0.4 is 10.6 Å². The average Bonchev–Trinajstić information content (AvgIpc) is 3.37. The molecule has 1 saturated heterocycles. The van der Waals surface area contributed by atoms with Gasteiger partial charge in [-0.2, -0.15) is 0 Å². The zero-order valence-corrected chi connectivity index (χ0v) is 23.8. The van der Waals surface area contributed by atoms with Crippen molar-refractivity contribution in [3.63, 3.8) is 0 Å². The van der Waals surface area contributed by atoms with Crippen LogP contribution in [-0.2, 0) is 14.4 Å². The SMILES string of the molecule is Cc1nnc(SCC2=C(C(=O)O)N3C(=O)C(NC(=O)C(NC(=O)c4cccc(O)c4)c4ccc(O)cc4)[C@H]3SC2)s1. The summed E-state index contributed by atoms with van der Waals surface area (Å²) in [6, 6.07) is 8.96. The van der Waals surface area contributed by atoms with Gasteiger partial charge in [-0.15, -0.1) is 22.0 Å². The molecule has 2 unspecified atom stereocenters. The van der Waals surface area contributed by atoms with Crippen LogP contribution in [0.3, 0.4) is 0 Å². The number of carboxylic acid groups (broad SMARTS) is 1. The number of aromatic nitrogens is 2. The Morgan fingerprint density at radius 2 is 1.88 bits per heavy atom. The minimum atomic E-state index is -1.25. The number of carbonyl (C=O) groups excluding carboxylic acids is 3. The fourth-order valence-corrected chi connectivity index (χ4v) is 7.65. The Hall–Kier alpha value is -4.08. The number of carboxylic acids is 1. The fraction of sp³-hybridized carbons (Fsp3) is 0.231. The second-order valence-corrected chi connectivity index (χ2v) is 12.6. The maximum atomic E-state index is 13.5. The Labute approximate surface area is 245 Å². The van der Waals surface area contributed by atoms with Crippen LogP contribution in [0.2, 0.25) is 0 Å². The molecule has 2 aliphatic heterocycles. The summed E-state index contributed by atoms with van der Waals surface area (Å²) in [6.07, 6.45) is 0. The minimum absolute atomic E-state index is 0.0427. The predicted octanol–water partition coefficient (Wildman–Crippen LogP) is 2.26. The first-order chi connectivity index (χ1) is 19.6. The lowest BCUT2D eigenvalue weighted by Crippen LogP contribution is -2.71. The van der Waals surface area contributed by atoms with Gasteiger partial charge in [0.2, 0.25) is 5.91 Å². The summed E-state index contributed by atoms with van der Waals surface area (Å²) in [5, 5.41) is 42.8. The second-order valence-electron chi connectivity index (χ2n) is 9.08. The summed E-state index contributed by atoms with van der Waals surface area (Å²) in [6.45, 7) is 1.82. The van der Waals surface area contributed by atoms with Gasteiger partial charge in [0.1, 0.15) is 39.7 Å². The number of nitrogens with zero attached hydrogens (tertiary/aromatic N) is 3. The van der Waals surface area contributed by atoms with E-state index in [1.54, 1.807) is 0 Å². The van der Waals surface area contributed by atoms with Crippen LogP contribution in [0, 0.1) is 6.92 Å². The second kappa shape index (κ2) is 11.8. The molecule has 12 nitrogen and oxygen atoms in total. The Bertz CT molecular complexity index is 1560. The highest BCUT2D eigenvalue weighted by Crippen LogP contribution is 2.42. The number of phenols is 2. The molecule has 2 aliphatic rings. The molecule has 0 saturated carbocycles. The molecule has 2 aromatic carbocycles. The zero-order valence-electron chi connectivity index (χ0n) is 21.3. The van der Waals surface area contributed by atoms with Gasteiger partial charge in [0, 0.05) is 17.1 Å². The Kier molecular flexibility index (Phi) is 8.19. The third-order valence-electron chi connectivity index (χ3n) is 6.30. The molecule has 3 heterocycles. The van der Waals surface area contributed by atoms with E-state index in [0.717, 1.165) is 5.01 Å². The number of aliphatic carboxylic acids is 1. The normalized spacial score (nSPS) is 18.8. The summed E-state index contributed by atoms with van der Waals surface area (Å²) < 4.78 is 0.694. The molecule has 41 heavy (non-hydrogen) atoms. The lowest BCUT2D eigenvalue weighted by molar-refractivity contribution is -0.151. The number of nitrogens with one attached hydrogen (secondary N) is 2. The highest BCUT2D eigenvalue weighted by atomic mass is 32.2. The number of aryl methyl sites for hydroxylation is 1. The fourth-order valence-electron chi connectivity index (χ4n) is 4.35. The van der Waals surface area contributed by atoms with Crippen LogP contribution in [0.15, 0.2) is 64.1 Å². The Morgan fingerprint density at radius 1 is 1.12 bits per heavy atom. The number of hydrogen-bond acceptors (Lipinski definition) is 11. The number of carbonyl (C=O) groups is 4. The van der Waals surface area contributed by atoms with Gasteiger partial charge in [-0.1, -0.05) is 41.3 Å². The minimum Gasteiger partial charge on any atom is -0.508 e. The third kappa shape index (κ3) is 6.01. The van der Waals surface area contributed by atoms with E-state index in [2.05, 4.69) is 20.8 Å². The molecule has 0 radical (unpaired) electrons. The van der Waals surface area contributed by atoms with Crippen molar-refractivity contribution in [3.8, 4) is 11.5 Å². The van der Waals surface area contributed by atoms with Crippen molar-refractivity contribution >= 4 is 58.6 Å². The largest absolute Gasteiger partial charge is 0.508 e. The van der Waals surface area contributed by atoms with Gasteiger partial charge in [-0.3, -0.25) is 19.3 Å². The first kappa shape index (κ1) is 28.4. The van der Waals surface area contributed by atoms with E-state index in [-0.39, 0.29) is 22.8 Å². The maximum absolute atomic E-state index is 13.5. The zero-order chi connectivity index (χ0) is 29.3. The van der Waals surface area contributed by atoms with Gasteiger partial charge in [-0.25, -0.2) is 4.79 Å². The highest BCUT2D eigenvalue weighted by molar-refractivity contribution is 8.01. The lowest BCUT2D eigenvalue weighted by Gasteiger charge is -2.49. The van der Waals surface area contributed by atoms with Crippen molar-refractivity contribution in [1.82, 2.24) is 25.7 Å². The molecule has 0 aliphatic carbocycles. The molecule has 1 fully saturated rings. The van der Waals surface area contributed by atoms with Crippen molar-refractivity contribution in [1.29, 1.82) is 0 Å². The predicted molar refractivity (Wildman–Crippen MR) is 151 cm³/mol.